The average molecular weight is 330 g/mol. The van der Waals surface area contributed by atoms with Gasteiger partial charge < -0.3 is 15.2 Å². The van der Waals surface area contributed by atoms with Crippen LogP contribution in [0.15, 0.2) is 12.1 Å². The van der Waals surface area contributed by atoms with Crippen LogP contribution in [0, 0.1) is 5.92 Å². The van der Waals surface area contributed by atoms with Crippen molar-refractivity contribution < 1.29 is 22.6 Å². The SMILES string of the molecule is CN1CC(CN)CC1c1ccc(C(F)(F)F)c2c1OCCCO2. The molecule has 1 saturated heterocycles. The minimum atomic E-state index is -4.46. The summed E-state index contributed by atoms with van der Waals surface area (Å²) in [6.07, 6.45) is -3.08. The molecule has 3 rings (SSSR count). The van der Waals surface area contributed by atoms with Gasteiger partial charge in [0.1, 0.15) is 5.56 Å². The fourth-order valence-electron chi connectivity index (χ4n) is 3.40. The number of rotatable bonds is 2. The smallest absolute Gasteiger partial charge is 0.420 e. The number of nitrogens with two attached hydrogens (primary N) is 1. The van der Waals surface area contributed by atoms with Crippen LogP contribution in [0.1, 0.15) is 30.0 Å². The van der Waals surface area contributed by atoms with Crippen molar-refractivity contribution in [3.63, 3.8) is 0 Å². The molecular formula is C16H21F3N2O2. The summed E-state index contributed by atoms with van der Waals surface area (Å²) in [7, 11) is 1.96. The Bertz CT molecular complexity index is 577. The maximum absolute atomic E-state index is 13.2. The molecule has 0 amide bonds. The van der Waals surface area contributed by atoms with E-state index in [4.69, 9.17) is 15.2 Å². The molecule has 4 nitrogen and oxygen atoms in total. The maximum Gasteiger partial charge on any atom is 0.420 e. The third-order valence-electron chi connectivity index (χ3n) is 4.56. The predicted molar refractivity (Wildman–Crippen MR) is 79.6 cm³/mol. The molecule has 23 heavy (non-hydrogen) atoms. The van der Waals surface area contributed by atoms with E-state index in [2.05, 4.69) is 4.90 Å². The molecule has 2 N–H and O–H groups in total. The highest BCUT2D eigenvalue weighted by molar-refractivity contribution is 5.54. The van der Waals surface area contributed by atoms with Gasteiger partial charge in [-0.25, -0.2) is 0 Å². The van der Waals surface area contributed by atoms with Crippen LogP contribution < -0.4 is 15.2 Å². The molecule has 128 valence electrons. The first-order chi connectivity index (χ1) is 10.9. The molecule has 2 heterocycles. The number of alkyl halides is 3. The number of nitrogens with zero attached hydrogens (tertiary/aromatic N) is 1. The quantitative estimate of drug-likeness (QED) is 0.906. The van der Waals surface area contributed by atoms with Gasteiger partial charge in [-0.2, -0.15) is 13.2 Å². The second-order valence-corrected chi connectivity index (χ2v) is 6.20. The lowest BCUT2D eigenvalue weighted by Gasteiger charge is -2.24. The van der Waals surface area contributed by atoms with Crippen LogP contribution >= 0.6 is 0 Å². The normalized spacial score (nSPS) is 25.4. The molecule has 1 aromatic carbocycles. The Balaban J connectivity index is 2.05. The number of hydrogen-bond donors (Lipinski definition) is 1. The third kappa shape index (κ3) is 3.12. The van der Waals surface area contributed by atoms with E-state index in [1.54, 1.807) is 0 Å². The first kappa shape index (κ1) is 16.4. The number of halogens is 3. The fourth-order valence-corrected chi connectivity index (χ4v) is 3.40. The summed E-state index contributed by atoms with van der Waals surface area (Å²) in [6, 6.07) is 2.63. The number of fused-ring (bicyclic) bond motifs is 1. The van der Waals surface area contributed by atoms with Crippen LogP contribution in [0.5, 0.6) is 11.5 Å². The van der Waals surface area contributed by atoms with Gasteiger partial charge in [0.2, 0.25) is 0 Å². The van der Waals surface area contributed by atoms with E-state index in [0.717, 1.165) is 24.6 Å². The predicted octanol–water partition coefficient (Wildman–Crippen LogP) is 2.82. The molecule has 2 aliphatic rings. The molecule has 7 heteroatoms. The van der Waals surface area contributed by atoms with Gasteiger partial charge in [-0.05, 0) is 32.0 Å². The maximum atomic E-state index is 13.2. The van der Waals surface area contributed by atoms with Crippen LogP contribution in [0.2, 0.25) is 0 Å². The van der Waals surface area contributed by atoms with E-state index in [1.165, 1.54) is 6.07 Å². The van der Waals surface area contributed by atoms with Gasteiger partial charge >= 0.3 is 6.18 Å². The van der Waals surface area contributed by atoms with Gasteiger partial charge in [0.05, 0.1) is 13.2 Å². The van der Waals surface area contributed by atoms with Gasteiger partial charge in [-0.15, -0.1) is 0 Å². The van der Waals surface area contributed by atoms with Crippen molar-refractivity contribution in [2.45, 2.75) is 25.1 Å². The first-order valence-corrected chi connectivity index (χ1v) is 7.81. The highest BCUT2D eigenvalue weighted by atomic mass is 19.4. The van der Waals surface area contributed by atoms with Crippen molar-refractivity contribution in [3.05, 3.63) is 23.3 Å². The zero-order valence-corrected chi connectivity index (χ0v) is 13.0. The zero-order valence-electron chi connectivity index (χ0n) is 13.0. The average Bonchev–Trinajstić information content (AvgIpc) is 2.71. The number of ether oxygens (including phenoxy) is 2. The molecule has 2 aliphatic heterocycles. The molecule has 0 bridgehead atoms. The van der Waals surface area contributed by atoms with Crippen molar-refractivity contribution in [2.75, 3.05) is 33.4 Å². The molecule has 0 radical (unpaired) electrons. The van der Waals surface area contributed by atoms with Crippen molar-refractivity contribution in [1.29, 1.82) is 0 Å². The Kier molecular flexibility index (Phi) is 4.42. The molecule has 1 aromatic rings. The molecule has 0 aromatic heterocycles. The molecule has 2 atom stereocenters. The molecular weight excluding hydrogens is 309 g/mol. The Morgan fingerprint density at radius 2 is 1.91 bits per heavy atom. The molecule has 1 fully saturated rings. The first-order valence-electron chi connectivity index (χ1n) is 7.81. The number of hydrogen-bond acceptors (Lipinski definition) is 4. The van der Waals surface area contributed by atoms with E-state index in [-0.39, 0.29) is 24.1 Å². The summed E-state index contributed by atoms with van der Waals surface area (Å²) in [5, 5.41) is 0. The van der Waals surface area contributed by atoms with Crippen LogP contribution in [0.3, 0.4) is 0 Å². The van der Waals surface area contributed by atoms with Crippen molar-refractivity contribution >= 4 is 0 Å². The zero-order chi connectivity index (χ0) is 16.6. The van der Waals surface area contributed by atoms with Gasteiger partial charge in [0.25, 0.3) is 0 Å². The number of benzene rings is 1. The van der Waals surface area contributed by atoms with Crippen molar-refractivity contribution in [1.82, 2.24) is 4.90 Å². The van der Waals surface area contributed by atoms with Crippen molar-refractivity contribution in [3.8, 4) is 11.5 Å². The molecule has 2 unspecified atom stereocenters. The lowest BCUT2D eigenvalue weighted by molar-refractivity contribution is -0.139. The highest BCUT2D eigenvalue weighted by Gasteiger charge is 2.40. The summed E-state index contributed by atoms with van der Waals surface area (Å²) in [5.41, 5.74) is 5.74. The van der Waals surface area contributed by atoms with Gasteiger partial charge in [0, 0.05) is 24.6 Å². The Labute approximate surface area is 133 Å². The Hall–Kier alpha value is -1.47. The van der Waals surface area contributed by atoms with Crippen LogP contribution in [0.25, 0.3) is 0 Å². The minimum Gasteiger partial charge on any atom is -0.489 e. The Morgan fingerprint density at radius 3 is 2.52 bits per heavy atom. The molecule has 0 spiro atoms. The van der Waals surface area contributed by atoms with Gasteiger partial charge in [0.15, 0.2) is 11.5 Å². The topological polar surface area (TPSA) is 47.7 Å². The van der Waals surface area contributed by atoms with Gasteiger partial charge in [-0.3, -0.25) is 4.90 Å². The van der Waals surface area contributed by atoms with E-state index >= 15 is 0 Å². The largest absolute Gasteiger partial charge is 0.489 e. The second-order valence-electron chi connectivity index (χ2n) is 6.20. The van der Waals surface area contributed by atoms with Crippen LogP contribution in [0.4, 0.5) is 13.2 Å². The highest BCUT2D eigenvalue weighted by Crippen LogP contribution is 2.48. The number of likely N-dealkylation sites (tertiary alicyclic amines) is 1. The monoisotopic (exact) mass is 330 g/mol. The Morgan fingerprint density at radius 1 is 1.22 bits per heavy atom. The summed E-state index contributed by atoms with van der Waals surface area (Å²) < 4.78 is 50.8. The second kappa shape index (κ2) is 6.20. The fraction of sp³-hybridized carbons (Fsp3) is 0.625. The van der Waals surface area contributed by atoms with E-state index < -0.39 is 11.7 Å². The van der Waals surface area contributed by atoms with Crippen molar-refractivity contribution in [2.24, 2.45) is 11.7 Å². The van der Waals surface area contributed by atoms with Crippen LogP contribution in [-0.2, 0) is 6.18 Å². The minimum absolute atomic E-state index is 0.00119. The van der Waals surface area contributed by atoms with E-state index in [1.807, 2.05) is 7.05 Å². The molecule has 0 saturated carbocycles. The lowest BCUT2D eigenvalue weighted by atomic mass is 9.97. The third-order valence-corrected chi connectivity index (χ3v) is 4.56. The standard InChI is InChI=1S/C16H21F3N2O2/c1-21-9-10(8-20)7-13(21)11-3-4-12(16(17,18)19)15-14(11)22-5-2-6-23-15/h3-4,10,13H,2,5-9,20H2,1H3. The summed E-state index contributed by atoms with van der Waals surface area (Å²) in [4.78, 5) is 2.12. The summed E-state index contributed by atoms with van der Waals surface area (Å²) in [5.74, 6) is 0.415. The van der Waals surface area contributed by atoms with E-state index in [9.17, 15) is 13.2 Å². The van der Waals surface area contributed by atoms with Gasteiger partial charge in [-0.1, -0.05) is 6.07 Å². The van der Waals surface area contributed by atoms with Crippen LogP contribution in [-0.4, -0.2) is 38.3 Å². The molecule has 0 aliphatic carbocycles. The lowest BCUT2D eigenvalue weighted by Crippen LogP contribution is -2.21. The summed E-state index contributed by atoms with van der Waals surface area (Å²) in [6.45, 7) is 1.99. The van der Waals surface area contributed by atoms with E-state index in [0.29, 0.717) is 25.5 Å². The summed E-state index contributed by atoms with van der Waals surface area (Å²) >= 11 is 0.